The van der Waals surface area contributed by atoms with Gasteiger partial charge in [0.05, 0.1) is 35.5 Å². The maximum atomic E-state index is 9.21. The van der Waals surface area contributed by atoms with E-state index in [-0.39, 0.29) is 11.9 Å². The zero-order chi connectivity index (χ0) is 17.1. The van der Waals surface area contributed by atoms with E-state index in [0.717, 1.165) is 24.1 Å². The number of nitrogens with two attached hydrogens (primary N) is 1. The highest BCUT2D eigenvalue weighted by molar-refractivity contribution is 5.92. The van der Waals surface area contributed by atoms with E-state index in [2.05, 4.69) is 21.1 Å². The van der Waals surface area contributed by atoms with Gasteiger partial charge in [-0.05, 0) is 25.7 Å². The molecular formula is C17H21N7. The highest BCUT2D eigenvalue weighted by atomic mass is 15.3. The Kier molecular flexibility index (Phi) is 4.56. The standard InChI is InChI=1S/C17H21N7/c1-11-14(16-13(8-19)17(20)22-10-21-16)9-24(23-11)15(6-7-18)12-4-2-3-5-12/h8-10,12,15,19H,2-6H2,1H3,(H2,20,21,22). The fraction of sp³-hybridized carbons (Fsp3) is 0.471. The van der Waals surface area contributed by atoms with Gasteiger partial charge in [-0.2, -0.15) is 10.4 Å². The number of nitrogens with one attached hydrogen (secondary N) is 1. The van der Waals surface area contributed by atoms with Crippen LogP contribution in [0.2, 0.25) is 0 Å². The molecule has 7 heteroatoms. The van der Waals surface area contributed by atoms with Crippen LogP contribution in [0.3, 0.4) is 0 Å². The number of anilines is 1. The zero-order valence-electron chi connectivity index (χ0n) is 13.7. The molecule has 2 heterocycles. The van der Waals surface area contributed by atoms with Crippen molar-refractivity contribution in [2.24, 2.45) is 5.92 Å². The molecule has 0 aliphatic heterocycles. The number of rotatable bonds is 5. The Labute approximate surface area is 141 Å². The normalized spacial score (nSPS) is 16.0. The molecule has 0 aromatic carbocycles. The maximum absolute atomic E-state index is 9.21. The van der Waals surface area contributed by atoms with Crippen LogP contribution < -0.4 is 5.73 Å². The molecule has 2 aromatic rings. The number of hydrogen-bond acceptors (Lipinski definition) is 6. The molecule has 2 aromatic heterocycles. The van der Waals surface area contributed by atoms with Crippen LogP contribution in [0, 0.1) is 29.6 Å². The molecule has 0 amide bonds. The number of nitrogens with zero attached hydrogens (tertiary/aromatic N) is 5. The molecule has 7 nitrogen and oxygen atoms in total. The summed E-state index contributed by atoms with van der Waals surface area (Å²) in [7, 11) is 0. The molecule has 0 bridgehead atoms. The van der Waals surface area contributed by atoms with E-state index in [1.807, 2.05) is 17.8 Å². The molecule has 3 rings (SSSR count). The molecule has 3 N–H and O–H groups in total. The van der Waals surface area contributed by atoms with Crippen LogP contribution in [-0.4, -0.2) is 26.0 Å². The van der Waals surface area contributed by atoms with Gasteiger partial charge in [0.1, 0.15) is 12.1 Å². The second-order valence-corrected chi connectivity index (χ2v) is 6.25. The Morgan fingerprint density at radius 1 is 1.46 bits per heavy atom. The summed E-state index contributed by atoms with van der Waals surface area (Å²) in [6.07, 6.45) is 9.70. The van der Waals surface area contributed by atoms with E-state index in [0.29, 0.717) is 23.6 Å². The predicted octanol–water partition coefficient (Wildman–Crippen LogP) is 2.87. The predicted molar refractivity (Wildman–Crippen MR) is 91.5 cm³/mol. The Hall–Kier alpha value is -2.75. The van der Waals surface area contributed by atoms with Crippen molar-refractivity contribution < 1.29 is 0 Å². The summed E-state index contributed by atoms with van der Waals surface area (Å²) in [5, 5.41) is 21.4. The third-order valence-electron chi connectivity index (χ3n) is 4.82. The van der Waals surface area contributed by atoms with Gasteiger partial charge >= 0.3 is 0 Å². The van der Waals surface area contributed by atoms with Gasteiger partial charge in [0.2, 0.25) is 0 Å². The van der Waals surface area contributed by atoms with Crippen molar-refractivity contribution in [2.75, 3.05) is 5.73 Å². The molecule has 1 aliphatic rings. The van der Waals surface area contributed by atoms with Gasteiger partial charge in [0.25, 0.3) is 0 Å². The molecule has 124 valence electrons. The molecule has 1 unspecified atom stereocenters. The van der Waals surface area contributed by atoms with E-state index in [4.69, 9.17) is 11.1 Å². The summed E-state index contributed by atoms with van der Waals surface area (Å²) in [6.45, 7) is 1.91. The van der Waals surface area contributed by atoms with Crippen LogP contribution in [0.5, 0.6) is 0 Å². The molecule has 24 heavy (non-hydrogen) atoms. The molecule has 1 fully saturated rings. The number of hydrogen-bond donors (Lipinski definition) is 2. The van der Waals surface area contributed by atoms with Crippen LogP contribution in [0.25, 0.3) is 11.3 Å². The lowest BCUT2D eigenvalue weighted by Gasteiger charge is -2.21. The minimum absolute atomic E-state index is 0.0903. The van der Waals surface area contributed by atoms with Crippen LogP contribution in [0.1, 0.15) is 49.4 Å². The van der Waals surface area contributed by atoms with Crippen molar-refractivity contribution in [3.8, 4) is 17.3 Å². The van der Waals surface area contributed by atoms with E-state index in [1.165, 1.54) is 25.4 Å². The summed E-state index contributed by atoms with van der Waals surface area (Å²) in [6, 6.07) is 2.39. The summed E-state index contributed by atoms with van der Waals surface area (Å²) >= 11 is 0. The topological polar surface area (TPSA) is 117 Å². The minimum Gasteiger partial charge on any atom is -0.383 e. The monoisotopic (exact) mass is 323 g/mol. The van der Waals surface area contributed by atoms with Gasteiger partial charge < -0.3 is 11.1 Å². The van der Waals surface area contributed by atoms with Gasteiger partial charge in [-0.25, -0.2) is 9.97 Å². The van der Waals surface area contributed by atoms with E-state index in [1.54, 1.807) is 0 Å². The molecule has 0 saturated heterocycles. The molecule has 1 atom stereocenters. The van der Waals surface area contributed by atoms with Gasteiger partial charge in [-0.15, -0.1) is 0 Å². The Morgan fingerprint density at radius 2 is 2.21 bits per heavy atom. The molecule has 0 spiro atoms. The first-order valence-corrected chi connectivity index (χ1v) is 8.19. The van der Waals surface area contributed by atoms with Gasteiger partial charge in [0, 0.05) is 18.0 Å². The van der Waals surface area contributed by atoms with Gasteiger partial charge in [-0.3, -0.25) is 4.68 Å². The smallest absolute Gasteiger partial charge is 0.136 e. The summed E-state index contributed by atoms with van der Waals surface area (Å²) in [4.78, 5) is 8.24. The van der Waals surface area contributed by atoms with Gasteiger partial charge in [-0.1, -0.05) is 12.8 Å². The fourth-order valence-corrected chi connectivity index (χ4v) is 3.56. The number of aromatic nitrogens is 4. The first-order chi connectivity index (χ1) is 11.7. The summed E-state index contributed by atoms with van der Waals surface area (Å²) in [5.74, 6) is 0.779. The van der Waals surface area contributed by atoms with E-state index < -0.39 is 0 Å². The highest BCUT2D eigenvalue weighted by Gasteiger charge is 2.28. The SMILES string of the molecule is Cc1nn(C(CC#N)C2CCCC2)cc1-c1ncnc(N)c1C=N. The lowest BCUT2D eigenvalue weighted by molar-refractivity contribution is 0.314. The average Bonchev–Trinajstić information content (AvgIpc) is 3.22. The van der Waals surface area contributed by atoms with Gasteiger partial charge in [0.15, 0.2) is 0 Å². The van der Waals surface area contributed by atoms with Crippen molar-refractivity contribution in [2.45, 2.75) is 45.1 Å². The maximum Gasteiger partial charge on any atom is 0.136 e. The highest BCUT2D eigenvalue weighted by Crippen LogP contribution is 2.37. The Balaban J connectivity index is 2.02. The lowest BCUT2D eigenvalue weighted by atomic mass is 9.96. The number of nitriles is 1. The van der Waals surface area contributed by atoms with Crippen LogP contribution in [0.4, 0.5) is 5.82 Å². The van der Waals surface area contributed by atoms with Crippen LogP contribution in [-0.2, 0) is 0 Å². The Bertz CT molecular complexity index is 781. The Morgan fingerprint density at radius 3 is 2.88 bits per heavy atom. The third kappa shape index (κ3) is 2.87. The number of nitrogen functional groups attached to an aromatic ring is 1. The number of aryl methyl sites for hydroxylation is 1. The minimum atomic E-state index is 0.0903. The largest absolute Gasteiger partial charge is 0.383 e. The quantitative estimate of drug-likeness (QED) is 0.820. The first kappa shape index (κ1) is 16.1. The van der Waals surface area contributed by atoms with Crippen LogP contribution >= 0.6 is 0 Å². The van der Waals surface area contributed by atoms with E-state index >= 15 is 0 Å². The van der Waals surface area contributed by atoms with Crippen molar-refractivity contribution in [3.05, 3.63) is 23.8 Å². The van der Waals surface area contributed by atoms with Crippen molar-refractivity contribution in [1.82, 2.24) is 19.7 Å². The van der Waals surface area contributed by atoms with E-state index in [9.17, 15) is 5.26 Å². The molecule has 1 aliphatic carbocycles. The fourth-order valence-electron chi connectivity index (χ4n) is 3.56. The zero-order valence-corrected chi connectivity index (χ0v) is 13.7. The van der Waals surface area contributed by atoms with Crippen LogP contribution in [0.15, 0.2) is 12.5 Å². The van der Waals surface area contributed by atoms with Crippen molar-refractivity contribution in [3.63, 3.8) is 0 Å². The molecule has 1 saturated carbocycles. The van der Waals surface area contributed by atoms with Crippen molar-refractivity contribution in [1.29, 1.82) is 10.7 Å². The second-order valence-electron chi connectivity index (χ2n) is 6.25. The second kappa shape index (κ2) is 6.79. The molecule has 0 radical (unpaired) electrons. The summed E-state index contributed by atoms with van der Waals surface area (Å²) in [5.41, 5.74) is 8.63. The first-order valence-electron chi connectivity index (χ1n) is 8.19. The lowest BCUT2D eigenvalue weighted by Crippen LogP contribution is -2.17. The third-order valence-corrected chi connectivity index (χ3v) is 4.82. The molecular weight excluding hydrogens is 302 g/mol. The van der Waals surface area contributed by atoms with Crippen molar-refractivity contribution >= 4 is 12.0 Å². The average molecular weight is 323 g/mol. The summed E-state index contributed by atoms with van der Waals surface area (Å²) < 4.78 is 1.91.